The molecule has 0 aromatic carbocycles. The fourth-order valence-corrected chi connectivity index (χ4v) is 2.81. The maximum Gasteiger partial charge on any atom is 0.171 e. The molecule has 98 valence electrons. The zero-order chi connectivity index (χ0) is 13.0. The second-order valence-electron chi connectivity index (χ2n) is 5.03. The van der Waals surface area contributed by atoms with Crippen molar-refractivity contribution >= 4 is 5.78 Å². The normalized spacial score (nSPS) is 23.9. The number of hydrogen-bond acceptors (Lipinski definition) is 3. The van der Waals surface area contributed by atoms with Crippen molar-refractivity contribution in [2.24, 2.45) is 5.41 Å². The number of carbonyl (C=O) groups excluding carboxylic acids is 1. The summed E-state index contributed by atoms with van der Waals surface area (Å²) >= 11 is 0. The summed E-state index contributed by atoms with van der Waals surface area (Å²) in [5.41, 5.74) is 0.0230. The highest BCUT2D eigenvalue weighted by molar-refractivity contribution is 6.00. The highest BCUT2D eigenvalue weighted by Crippen LogP contribution is 2.35. The number of ketones is 1. The predicted octanol–water partition coefficient (Wildman–Crippen LogP) is 2.57. The molecule has 2 rings (SSSR count). The molecule has 1 atom stereocenters. The number of halogens is 1. The number of nitrogens with zero attached hydrogens (tertiary/aromatic N) is 1. The lowest BCUT2D eigenvalue weighted by atomic mass is 9.72. The molecule has 1 aromatic rings. The van der Waals surface area contributed by atoms with Crippen LogP contribution in [0.25, 0.3) is 0 Å². The number of carbonyl (C=O) groups is 1. The first-order chi connectivity index (χ1) is 8.68. The molecule has 0 amide bonds. The first-order valence-electron chi connectivity index (χ1n) is 6.54. The van der Waals surface area contributed by atoms with Crippen molar-refractivity contribution in [3.63, 3.8) is 0 Å². The smallest absolute Gasteiger partial charge is 0.171 e. The van der Waals surface area contributed by atoms with Gasteiger partial charge >= 0.3 is 0 Å². The van der Waals surface area contributed by atoms with Gasteiger partial charge in [0.05, 0.1) is 6.20 Å². The van der Waals surface area contributed by atoms with Gasteiger partial charge in [-0.15, -0.1) is 0 Å². The van der Waals surface area contributed by atoms with Gasteiger partial charge in [-0.1, -0.05) is 13.3 Å². The van der Waals surface area contributed by atoms with E-state index in [9.17, 15) is 9.18 Å². The lowest BCUT2D eigenvalue weighted by Crippen LogP contribution is -2.45. The Labute approximate surface area is 107 Å². The first-order valence-corrected chi connectivity index (χ1v) is 6.54. The number of pyridine rings is 1. The molecule has 0 spiro atoms. The summed E-state index contributed by atoms with van der Waals surface area (Å²) in [5, 5.41) is 3.29. The third-order valence-corrected chi connectivity index (χ3v) is 3.65. The number of Topliss-reactive ketones (excluding diaryl/α,β-unsaturated/α-hetero) is 1. The number of hydrogen-bond donors (Lipinski definition) is 1. The Balaban J connectivity index is 2.28. The molecular weight excluding hydrogens is 231 g/mol. The van der Waals surface area contributed by atoms with E-state index in [0.29, 0.717) is 12.1 Å². The third kappa shape index (κ3) is 2.58. The summed E-state index contributed by atoms with van der Waals surface area (Å²) < 4.78 is 13.2. The molecule has 0 saturated carbocycles. The predicted molar refractivity (Wildman–Crippen MR) is 68.0 cm³/mol. The van der Waals surface area contributed by atoms with Gasteiger partial charge in [0.1, 0.15) is 5.82 Å². The van der Waals surface area contributed by atoms with E-state index in [1.165, 1.54) is 12.3 Å². The van der Waals surface area contributed by atoms with E-state index in [4.69, 9.17) is 0 Å². The molecule has 2 heterocycles. The SMILES string of the molecule is CCCC1(C(=O)c2cncc(F)c2)CCCNC1. The summed E-state index contributed by atoms with van der Waals surface area (Å²) in [5.74, 6) is -0.417. The summed E-state index contributed by atoms with van der Waals surface area (Å²) in [6.45, 7) is 3.73. The molecule has 1 fully saturated rings. The summed E-state index contributed by atoms with van der Waals surface area (Å²) in [7, 11) is 0. The fourth-order valence-electron chi connectivity index (χ4n) is 2.81. The van der Waals surface area contributed by atoms with Gasteiger partial charge in [-0.2, -0.15) is 0 Å². The van der Waals surface area contributed by atoms with Crippen LogP contribution in [0.2, 0.25) is 0 Å². The van der Waals surface area contributed by atoms with Crippen LogP contribution in [-0.2, 0) is 0 Å². The van der Waals surface area contributed by atoms with Crippen molar-refractivity contribution in [3.05, 3.63) is 29.8 Å². The minimum atomic E-state index is -0.448. The molecule has 1 aromatic heterocycles. The summed E-state index contributed by atoms with van der Waals surface area (Å²) in [6.07, 6.45) is 6.27. The molecule has 1 N–H and O–H groups in total. The Morgan fingerprint density at radius 2 is 2.39 bits per heavy atom. The van der Waals surface area contributed by atoms with E-state index >= 15 is 0 Å². The third-order valence-electron chi connectivity index (χ3n) is 3.65. The monoisotopic (exact) mass is 250 g/mol. The zero-order valence-corrected chi connectivity index (χ0v) is 10.7. The number of nitrogens with one attached hydrogen (secondary N) is 1. The Morgan fingerprint density at radius 1 is 1.56 bits per heavy atom. The molecule has 1 aliphatic heterocycles. The molecule has 4 heteroatoms. The fraction of sp³-hybridized carbons (Fsp3) is 0.571. The maximum absolute atomic E-state index is 13.2. The maximum atomic E-state index is 13.2. The first kappa shape index (κ1) is 13.1. The molecule has 18 heavy (non-hydrogen) atoms. The van der Waals surface area contributed by atoms with Crippen molar-refractivity contribution in [1.29, 1.82) is 0 Å². The van der Waals surface area contributed by atoms with Gasteiger partial charge in [0.2, 0.25) is 0 Å². The largest absolute Gasteiger partial charge is 0.316 e. The van der Waals surface area contributed by atoms with Gasteiger partial charge in [0.15, 0.2) is 5.78 Å². The second-order valence-corrected chi connectivity index (χ2v) is 5.03. The van der Waals surface area contributed by atoms with Crippen LogP contribution >= 0.6 is 0 Å². The molecular formula is C14H19FN2O. The van der Waals surface area contributed by atoms with Gasteiger partial charge < -0.3 is 5.32 Å². The molecule has 1 saturated heterocycles. The van der Waals surface area contributed by atoms with Crippen LogP contribution in [0.4, 0.5) is 4.39 Å². The number of piperidine rings is 1. The van der Waals surface area contributed by atoms with Crippen LogP contribution in [0.5, 0.6) is 0 Å². The molecule has 0 bridgehead atoms. The molecule has 0 radical (unpaired) electrons. The van der Waals surface area contributed by atoms with E-state index in [1.807, 2.05) is 0 Å². The van der Waals surface area contributed by atoms with Gasteiger partial charge in [-0.3, -0.25) is 9.78 Å². The molecule has 3 nitrogen and oxygen atoms in total. The Hall–Kier alpha value is -1.29. The van der Waals surface area contributed by atoms with Crippen molar-refractivity contribution in [2.45, 2.75) is 32.6 Å². The van der Waals surface area contributed by atoms with Crippen LogP contribution in [0, 0.1) is 11.2 Å². The minimum absolute atomic E-state index is 0.0311. The average molecular weight is 250 g/mol. The van der Waals surface area contributed by atoms with Crippen LogP contribution in [0.1, 0.15) is 43.0 Å². The van der Waals surface area contributed by atoms with E-state index in [1.54, 1.807) is 0 Å². The van der Waals surface area contributed by atoms with Crippen molar-refractivity contribution < 1.29 is 9.18 Å². The van der Waals surface area contributed by atoms with E-state index in [-0.39, 0.29) is 11.2 Å². The number of aromatic nitrogens is 1. The molecule has 1 unspecified atom stereocenters. The Kier molecular flexibility index (Phi) is 4.07. The Morgan fingerprint density at radius 3 is 3.00 bits per heavy atom. The molecule has 1 aliphatic rings. The van der Waals surface area contributed by atoms with E-state index in [0.717, 1.165) is 38.4 Å². The second kappa shape index (κ2) is 5.57. The summed E-state index contributed by atoms with van der Waals surface area (Å²) in [4.78, 5) is 16.4. The van der Waals surface area contributed by atoms with Gasteiger partial charge in [0.25, 0.3) is 0 Å². The van der Waals surface area contributed by atoms with Crippen LogP contribution in [-0.4, -0.2) is 23.9 Å². The standard InChI is InChI=1S/C14H19FN2O/c1-2-4-14(5-3-6-16-10-14)13(18)11-7-12(15)9-17-8-11/h7-9,16H,2-6,10H2,1H3. The quantitative estimate of drug-likeness (QED) is 0.835. The van der Waals surface area contributed by atoms with E-state index < -0.39 is 5.82 Å². The van der Waals surface area contributed by atoms with Crippen molar-refractivity contribution in [1.82, 2.24) is 10.3 Å². The van der Waals surface area contributed by atoms with Gasteiger partial charge in [-0.05, 0) is 31.9 Å². The minimum Gasteiger partial charge on any atom is -0.316 e. The van der Waals surface area contributed by atoms with Crippen LogP contribution < -0.4 is 5.32 Å². The highest BCUT2D eigenvalue weighted by Gasteiger charge is 2.39. The van der Waals surface area contributed by atoms with E-state index in [2.05, 4.69) is 17.2 Å². The Bertz CT molecular complexity index is 422. The van der Waals surface area contributed by atoms with Crippen LogP contribution in [0.15, 0.2) is 18.5 Å². The highest BCUT2D eigenvalue weighted by atomic mass is 19.1. The topological polar surface area (TPSA) is 42.0 Å². The van der Waals surface area contributed by atoms with Crippen molar-refractivity contribution in [2.75, 3.05) is 13.1 Å². The van der Waals surface area contributed by atoms with Gasteiger partial charge in [0, 0.05) is 23.7 Å². The van der Waals surface area contributed by atoms with Crippen molar-refractivity contribution in [3.8, 4) is 0 Å². The average Bonchev–Trinajstić information content (AvgIpc) is 2.39. The summed E-state index contributed by atoms with van der Waals surface area (Å²) in [6, 6.07) is 1.29. The van der Waals surface area contributed by atoms with Gasteiger partial charge in [-0.25, -0.2) is 4.39 Å². The van der Waals surface area contributed by atoms with Crippen LogP contribution in [0.3, 0.4) is 0 Å². The number of rotatable bonds is 4. The molecule has 0 aliphatic carbocycles. The lowest BCUT2D eigenvalue weighted by Gasteiger charge is -2.36. The zero-order valence-electron chi connectivity index (χ0n) is 10.7. The lowest BCUT2D eigenvalue weighted by molar-refractivity contribution is 0.0717.